The van der Waals surface area contributed by atoms with Crippen molar-refractivity contribution in [1.82, 2.24) is 4.90 Å². The molecular weight excluding hydrogens is 270 g/mol. The van der Waals surface area contributed by atoms with Crippen LogP contribution in [0, 0.1) is 0 Å². The molecule has 0 amide bonds. The van der Waals surface area contributed by atoms with E-state index in [0.717, 1.165) is 11.8 Å². The van der Waals surface area contributed by atoms with E-state index in [-0.39, 0.29) is 0 Å². The molecule has 22 heavy (non-hydrogen) atoms. The van der Waals surface area contributed by atoms with Crippen molar-refractivity contribution < 1.29 is 4.74 Å². The molecule has 2 heterocycles. The number of likely N-dealkylation sites (N-methyl/N-ethyl adjacent to an activating group) is 1. The summed E-state index contributed by atoms with van der Waals surface area (Å²) in [5.74, 6) is 0.963. The number of hydrogen-bond donors (Lipinski definition) is 0. The lowest BCUT2D eigenvalue weighted by Crippen LogP contribution is -2.34. The molecule has 2 nitrogen and oxygen atoms in total. The number of fused-ring (bicyclic) bond motifs is 3. The molecule has 1 saturated heterocycles. The molecule has 114 valence electrons. The number of rotatable bonds is 3. The minimum Gasteiger partial charge on any atom is -0.494 e. The van der Waals surface area contributed by atoms with Crippen LogP contribution in [0.3, 0.4) is 0 Å². The van der Waals surface area contributed by atoms with E-state index in [9.17, 15) is 0 Å². The summed E-state index contributed by atoms with van der Waals surface area (Å²) in [5, 5.41) is 2.62. The average Bonchev–Trinajstić information content (AvgIpc) is 2.76. The summed E-state index contributed by atoms with van der Waals surface area (Å²) < 4.78 is 5.64. The van der Waals surface area contributed by atoms with Gasteiger partial charge in [0.1, 0.15) is 5.75 Å². The highest BCUT2D eigenvalue weighted by molar-refractivity contribution is 5.95. The summed E-state index contributed by atoms with van der Waals surface area (Å²) in [6.07, 6.45) is 6.32. The smallest absolute Gasteiger partial charge is 0.119 e. The van der Waals surface area contributed by atoms with Gasteiger partial charge in [-0.1, -0.05) is 30.3 Å². The molecule has 0 aliphatic carbocycles. The van der Waals surface area contributed by atoms with Crippen LogP contribution in [0.5, 0.6) is 5.75 Å². The van der Waals surface area contributed by atoms with Gasteiger partial charge in [0.25, 0.3) is 0 Å². The normalized spacial score (nSPS) is 24.5. The maximum absolute atomic E-state index is 5.64. The Labute approximate surface area is 132 Å². The lowest BCUT2D eigenvalue weighted by molar-refractivity contribution is 0.264. The molecule has 0 N–H and O–H groups in total. The molecule has 0 spiro atoms. The van der Waals surface area contributed by atoms with Gasteiger partial charge in [0, 0.05) is 12.1 Å². The lowest BCUT2D eigenvalue weighted by atomic mass is 9.91. The molecule has 2 aliphatic heterocycles. The zero-order chi connectivity index (χ0) is 15.1. The van der Waals surface area contributed by atoms with Crippen LogP contribution in [0.4, 0.5) is 0 Å². The van der Waals surface area contributed by atoms with Gasteiger partial charge in [-0.3, -0.25) is 4.90 Å². The summed E-state index contributed by atoms with van der Waals surface area (Å²) in [6.45, 7) is 2.74. The van der Waals surface area contributed by atoms with Crippen LogP contribution in [-0.2, 0) is 0 Å². The molecule has 0 radical (unpaired) electrons. The largest absolute Gasteiger partial charge is 0.494 e. The van der Waals surface area contributed by atoms with Crippen molar-refractivity contribution in [3.05, 3.63) is 48.0 Å². The molecule has 2 aromatic rings. The maximum Gasteiger partial charge on any atom is 0.119 e. The molecule has 2 aliphatic rings. The summed E-state index contributed by atoms with van der Waals surface area (Å²) >= 11 is 0. The van der Waals surface area contributed by atoms with Crippen LogP contribution in [0.1, 0.15) is 31.7 Å². The minimum atomic E-state index is 0.631. The molecule has 0 saturated carbocycles. The lowest BCUT2D eigenvalue weighted by Gasteiger charge is -2.30. The van der Waals surface area contributed by atoms with Gasteiger partial charge in [0.15, 0.2) is 0 Å². The van der Waals surface area contributed by atoms with Crippen LogP contribution >= 0.6 is 0 Å². The SMILES string of the molecule is CCOc1ccc2c(C3=CC4CCC(C3)N4C)cccc2c1. The van der Waals surface area contributed by atoms with Gasteiger partial charge in [-0.05, 0) is 67.3 Å². The van der Waals surface area contributed by atoms with Gasteiger partial charge >= 0.3 is 0 Å². The van der Waals surface area contributed by atoms with E-state index in [2.05, 4.69) is 54.4 Å². The van der Waals surface area contributed by atoms with Crippen LogP contribution < -0.4 is 4.74 Å². The molecule has 2 aromatic carbocycles. The van der Waals surface area contributed by atoms with Crippen molar-refractivity contribution in [2.75, 3.05) is 13.7 Å². The Morgan fingerprint density at radius 3 is 2.91 bits per heavy atom. The van der Waals surface area contributed by atoms with Crippen LogP contribution in [0.25, 0.3) is 16.3 Å². The second-order valence-corrected chi connectivity index (χ2v) is 6.48. The first kappa shape index (κ1) is 13.8. The summed E-state index contributed by atoms with van der Waals surface area (Å²) in [7, 11) is 2.27. The van der Waals surface area contributed by atoms with Crippen molar-refractivity contribution in [2.24, 2.45) is 0 Å². The fourth-order valence-corrected chi connectivity index (χ4v) is 4.04. The van der Waals surface area contributed by atoms with E-state index >= 15 is 0 Å². The van der Waals surface area contributed by atoms with E-state index in [4.69, 9.17) is 4.74 Å². The van der Waals surface area contributed by atoms with Crippen molar-refractivity contribution >= 4 is 16.3 Å². The fraction of sp³-hybridized carbons (Fsp3) is 0.400. The highest BCUT2D eigenvalue weighted by atomic mass is 16.5. The van der Waals surface area contributed by atoms with Crippen molar-refractivity contribution in [1.29, 1.82) is 0 Å². The molecular formula is C20H23NO. The number of benzene rings is 2. The van der Waals surface area contributed by atoms with Gasteiger partial charge in [0.2, 0.25) is 0 Å². The summed E-state index contributed by atoms with van der Waals surface area (Å²) in [6, 6.07) is 14.5. The van der Waals surface area contributed by atoms with Gasteiger partial charge in [-0.2, -0.15) is 0 Å². The van der Waals surface area contributed by atoms with Crippen LogP contribution in [-0.4, -0.2) is 30.6 Å². The Bertz CT molecular complexity index is 734. The molecule has 2 heteroatoms. The van der Waals surface area contributed by atoms with Gasteiger partial charge in [0.05, 0.1) is 6.61 Å². The molecule has 2 atom stereocenters. The number of nitrogens with zero attached hydrogens (tertiary/aromatic N) is 1. The standard InChI is InChI=1S/C20H23NO/c1-3-22-18-9-10-20-14(13-18)5-4-6-19(20)15-11-16-7-8-17(12-15)21(16)2/h4-6,9-11,13,16-17H,3,7-8,12H2,1-2H3. The zero-order valence-electron chi connectivity index (χ0n) is 13.4. The van der Waals surface area contributed by atoms with E-state index < -0.39 is 0 Å². The topological polar surface area (TPSA) is 12.5 Å². The number of hydrogen-bond acceptors (Lipinski definition) is 2. The second kappa shape index (κ2) is 5.44. The zero-order valence-corrected chi connectivity index (χ0v) is 13.4. The predicted octanol–water partition coefficient (Wildman–Crippen LogP) is 4.49. The van der Waals surface area contributed by atoms with Crippen LogP contribution in [0.15, 0.2) is 42.5 Å². The second-order valence-electron chi connectivity index (χ2n) is 6.48. The minimum absolute atomic E-state index is 0.631. The third-order valence-corrected chi connectivity index (χ3v) is 5.25. The first-order valence-corrected chi connectivity index (χ1v) is 8.35. The molecule has 2 unspecified atom stereocenters. The third-order valence-electron chi connectivity index (χ3n) is 5.25. The average molecular weight is 293 g/mol. The third kappa shape index (κ3) is 2.22. The van der Waals surface area contributed by atoms with Crippen molar-refractivity contribution in [2.45, 2.75) is 38.3 Å². The Kier molecular flexibility index (Phi) is 3.42. The Morgan fingerprint density at radius 1 is 1.18 bits per heavy atom. The van der Waals surface area contributed by atoms with E-state index in [1.165, 1.54) is 41.2 Å². The van der Waals surface area contributed by atoms with E-state index in [1.54, 1.807) is 0 Å². The highest BCUT2D eigenvalue weighted by Crippen LogP contribution is 2.39. The van der Waals surface area contributed by atoms with Crippen molar-refractivity contribution in [3.63, 3.8) is 0 Å². The fourth-order valence-electron chi connectivity index (χ4n) is 4.04. The summed E-state index contributed by atoms with van der Waals surface area (Å²) in [5.41, 5.74) is 2.94. The monoisotopic (exact) mass is 293 g/mol. The first-order chi connectivity index (χ1) is 10.8. The number of ether oxygens (including phenoxy) is 1. The highest BCUT2D eigenvalue weighted by Gasteiger charge is 2.34. The quantitative estimate of drug-likeness (QED) is 0.827. The Hall–Kier alpha value is -1.80. The van der Waals surface area contributed by atoms with E-state index in [1.807, 2.05) is 6.92 Å². The summed E-state index contributed by atoms with van der Waals surface area (Å²) in [4.78, 5) is 2.54. The Morgan fingerprint density at radius 2 is 2.09 bits per heavy atom. The van der Waals surface area contributed by atoms with Gasteiger partial charge in [-0.15, -0.1) is 0 Å². The molecule has 1 fully saturated rings. The van der Waals surface area contributed by atoms with Crippen LogP contribution in [0.2, 0.25) is 0 Å². The first-order valence-electron chi connectivity index (χ1n) is 8.35. The Balaban J connectivity index is 1.78. The molecule has 0 aromatic heterocycles. The molecule has 2 bridgehead atoms. The predicted molar refractivity (Wildman–Crippen MR) is 92.3 cm³/mol. The maximum atomic E-state index is 5.64. The van der Waals surface area contributed by atoms with Crippen molar-refractivity contribution in [3.8, 4) is 5.75 Å². The van der Waals surface area contributed by atoms with Gasteiger partial charge < -0.3 is 4.74 Å². The van der Waals surface area contributed by atoms with Gasteiger partial charge in [-0.25, -0.2) is 0 Å². The van der Waals surface area contributed by atoms with E-state index in [0.29, 0.717) is 12.6 Å². The molecule has 4 rings (SSSR count).